The minimum absolute atomic E-state index is 0.000364. The third kappa shape index (κ3) is 4.49. The highest BCUT2D eigenvalue weighted by molar-refractivity contribution is 6.00. The molecule has 140 valence electrons. The van der Waals surface area contributed by atoms with Gasteiger partial charge in [-0.2, -0.15) is 0 Å². The van der Waals surface area contributed by atoms with Crippen LogP contribution in [0.2, 0.25) is 0 Å². The van der Waals surface area contributed by atoms with Gasteiger partial charge in [-0.1, -0.05) is 35.9 Å². The Labute approximate surface area is 152 Å². The summed E-state index contributed by atoms with van der Waals surface area (Å²) in [4.78, 5) is 11.5. The van der Waals surface area contributed by atoms with Gasteiger partial charge in [0.05, 0.1) is 0 Å². The predicted molar refractivity (Wildman–Crippen MR) is 93.1 cm³/mol. The van der Waals surface area contributed by atoms with E-state index in [-0.39, 0.29) is 23.7 Å². The van der Waals surface area contributed by atoms with Gasteiger partial charge in [-0.25, -0.2) is 4.79 Å². The molecule has 0 fully saturated rings. The number of alkyl halides is 3. The quantitative estimate of drug-likeness (QED) is 0.654. The SMILES string of the molecule is Cc1ccc2ccc(C(=O)O)c(OCc3ccc(OC(F)(F)F)cc3)c2c1. The number of hydrogen-bond donors (Lipinski definition) is 1. The third-order valence-corrected chi connectivity index (χ3v) is 3.90. The van der Waals surface area contributed by atoms with Gasteiger partial charge in [0.2, 0.25) is 0 Å². The second-order valence-corrected chi connectivity index (χ2v) is 5.95. The number of benzene rings is 3. The Kier molecular flexibility index (Phi) is 4.94. The molecule has 0 spiro atoms. The zero-order valence-electron chi connectivity index (χ0n) is 14.2. The number of aryl methyl sites for hydroxylation is 1. The maximum atomic E-state index is 12.2. The monoisotopic (exact) mass is 376 g/mol. The molecule has 7 heteroatoms. The molecule has 4 nitrogen and oxygen atoms in total. The maximum absolute atomic E-state index is 12.2. The summed E-state index contributed by atoms with van der Waals surface area (Å²) in [6.07, 6.45) is -4.75. The molecule has 0 radical (unpaired) electrons. The third-order valence-electron chi connectivity index (χ3n) is 3.90. The summed E-state index contributed by atoms with van der Waals surface area (Å²) in [5, 5.41) is 10.9. The van der Waals surface area contributed by atoms with Crippen LogP contribution < -0.4 is 9.47 Å². The highest BCUT2D eigenvalue weighted by atomic mass is 19.4. The van der Waals surface area contributed by atoms with E-state index < -0.39 is 12.3 Å². The normalized spacial score (nSPS) is 11.4. The van der Waals surface area contributed by atoms with Crippen molar-refractivity contribution >= 4 is 16.7 Å². The van der Waals surface area contributed by atoms with Crippen LogP contribution in [0, 0.1) is 6.92 Å². The Morgan fingerprint density at radius 3 is 2.33 bits per heavy atom. The number of carboxylic acid groups (broad SMARTS) is 1. The number of carboxylic acids is 1. The van der Waals surface area contributed by atoms with Crippen LogP contribution in [0.5, 0.6) is 11.5 Å². The molecule has 0 saturated carbocycles. The first-order valence-corrected chi connectivity index (χ1v) is 7.97. The largest absolute Gasteiger partial charge is 0.573 e. The van der Waals surface area contributed by atoms with Gasteiger partial charge in [0.25, 0.3) is 0 Å². The number of rotatable bonds is 5. The highest BCUT2D eigenvalue weighted by Gasteiger charge is 2.30. The van der Waals surface area contributed by atoms with Crippen molar-refractivity contribution in [3.05, 3.63) is 71.3 Å². The number of fused-ring (bicyclic) bond motifs is 1. The Balaban J connectivity index is 1.87. The van der Waals surface area contributed by atoms with E-state index in [9.17, 15) is 23.1 Å². The lowest BCUT2D eigenvalue weighted by atomic mass is 10.0. The zero-order valence-corrected chi connectivity index (χ0v) is 14.2. The lowest BCUT2D eigenvalue weighted by molar-refractivity contribution is -0.274. The predicted octanol–water partition coefficient (Wildman–Crippen LogP) is 5.32. The molecule has 0 aliphatic heterocycles. The van der Waals surface area contributed by atoms with Crippen molar-refractivity contribution in [3.63, 3.8) is 0 Å². The highest BCUT2D eigenvalue weighted by Crippen LogP contribution is 2.32. The molecular formula is C20H15F3O4. The summed E-state index contributed by atoms with van der Waals surface area (Å²) in [5.74, 6) is -1.24. The molecule has 3 aromatic rings. The van der Waals surface area contributed by atoms with Crippen molar-refractivity contribution in [2.75, 3.05) is 0 Å². The summed E-state index contributed by atoms with van der Waals surface area (Å²) in [6.45, 7) is 1.88. The Hall–Kier alpha value is -3.22. The first-order chi connectivity index (χ1) is 12.7. The smallest absolute Gasteiger partial charge is 0.487 e. The van der Waals surface area contributed by atoms with Crippen LogP contribution in [0.25, 0.3) is 10.8 Å². The van der Waals surface area contributed by atoms with Crippen LogP contribution in [0.15, 0.2) is 54.6 Å². The number of ether oxygens (including phenoxy) is 2. The van der Waals surface area contributed by atoms with Gasteiger partial charge in [-0.15, -0.1) is 13.2 Å². The molecule has 0 heterocycles. The molecule has 0 aliphatic rings. The topological polar surface area (TPSA) is 55.8 Å². The van der Waals surface area contributed by atoms with Crippen LogP contribution >= 0.6 is 0 Å². The van der Waals surface area contributed by atoms with Crippen molar-refractivity contribution < 1.29 is 32.5 Å². The Bertz CT molecular complexity index is 979. The summed E-state index contributed by atoms with van der Waals surface area (Å²) in [6, 6.07) is 14.0. The molecule has 0 aliphatic carbocycles. The minimum atomic E-state index is -4.75. The molecule has 0 bridgehead atoms. The summed E-state index contributed by atoms with van der Waals surface area (Å²) >= 11 is 0. The van der Waals surface area contributed by atoms with E-state index in [0.717, 1.165) is 10.9 Å². The number of halogens is 3. The molecule has 3 rings (SSSR count). The number of carbonyl (C=O) groups is 1. The molecule has 0 atom stereocenters. The van der Waals surface area contributed by atoms with Gasteiger partial charge < -0.3 is 14.6 Å². The van der Waals surface area contributed by atoms with Crippen molar-refractivity contribution in [2.24, 2.45) is 0 Å². The minimum Gasteiger partial charge on any atom is -0.487 e. The molecule has 27 heavy (non-hydrogen) atoms. The van der Waals surface area contributed by atoms with Crippen LogP contribution in [-0.4, -0.2) is 17.4 Å². The molecule has 3 aromatic carbocycles. The van der Waals surface area contributed by atoms with E-state index in [2.05, 4.69) is 4.74 Å². The summed E-state index contributed by atoms with van der Waals surface area (Å²) in [5.41, 5.74) is 1.54. The Morgan fingerprint density at radius 1 is 1.04 bits per heavy atom. The van der Waals surface area contributed by atoms with E-state index in [0.29, 0.717) is 10.9 Å². The van der Waals surface area contributed by atoms with Gasteiger partial charge in [-0.05, 0) is 42.1 Å². The summed E-state index contributed by atoms with van der Waals surface area (Å²) in [7, 11) is 0. The standard InChI is InChI=1S/C20H15F3O4/c1-12-2-5-14-6-9-16(19(24)25)18(17(14)10-12)26-11-13-3-7-15(8-4-13)27-20(21,22)23/h2-10H,11H2,1H3,(H,24,25). The average Bonchev–Trinajstić information content (AvgIpc) is 2.59. The van der Waals surface area contributed by atoms with Crippen molar-refractivity contribution in [3.8, 4) is 11.5 Å². The van der Waals surface area contributed by atoms with Crippen LogP contribution in [0.3, 0.4) is 0 Å². The summed E-state index contributed by atoms with van der Waals surface area (Å²) < 4.78 is 46.2. The van der Waals surface area contributed by atoms with Gasteiger partial charge in [0, 0.05) is 5.39 Å². The molecule has 0 aromatic heterocycles. The van der Waals surface area contributed by atoms with Gasteiger partial charge in [0.15, 0.2) is 0 Å². The molecule has 0 amide bonds. The second-order valence-electron chi connectivity index (χ2n) is 5.95. The molecule has 0 saturated heterocycles. The van der Waals surface area contributed by atoms with Crippen molar-refractivity contribution in [1.82, 2.24) is 0 Å². The molecule has 1 N–H and O–H groups in total. The van der Waals surface area contributed by atoms with Gasteiger partial charge >= 0.3 is 12.3 Å². The maximum Gasteiger partial charge on any atom is 0.573 e. The second kappa shape index (κ2) is 7.19. The molecule has 0 unspecified atom stereocenters. The van der Waals surface area contributed by atoms with E-state index in [1.807, 2.05) is 25.1 Å². The molecular weight excluding hydrogens is 361 g/mol. The first kappa shape index (κ1) is 18.6. The van der Waals surface area contributed by atoms with Gasteiger partial charge in [0.1, 0.15) is 23.7 Å². The fraction of sp³-hybridized carbons (Fsp3) is 0.150. The fourth-order valence-electron chi connectivity index (χ4n) is 2.67. The van der Waals surface area contributed by atoms with Crippen LogP contribution in [0.1, 0.15) is 21.5 Å². The zero-order chi connectivity index (χ0) is 19.6. The van der Waals surface area contributed by atoms with E-state index in [4.69, 9.17) is 4.74 Å². The van der Waals surface area contributed by atoms with Crippen LogP contribution in [0.4, 0.5) is 13.2 Å². The van der Waals surface area contributed by atoms with Crippen LogP contribution in [-0.2, 0) is 6.61 Å². The number of hydrogen-bond acceptors (Lipinski definition) is 3. The fourth-order valence-corrected chi connectivity index (χ4v) is 2.67. The van der Waals surface area contributed by atoms with Gasteiger partial charge in [-0.3, -0.25) is 0 Å². The Morgan fingerprint density at radius 2 is 1.70 bits per heavy atom. The first-order valence-electron chi connectivity index (χ1n) is 7.97. The van der Waals surface area contributed by atoms with E-state index in [1.165, 1.54) is 30.3 Å². The van der Waals surface area contributed by atoms with E-state index >= 15 is 0 Å². The van der Waals surface area contributed by atoms with Crippen molar-refractivity contribution in [1.29, 1.82) is 0 Å². The average molecular weight is 376 g/mol. The lowest BCUT2D eigenvalue weighted by Crippen LogP contribution is -2.17. The van der Waals surface area contributed by atoms with E-state index in [1.54, 1.807) is 6.07 Å². The van der Waals surface area contributed by atoms with Crippen molar-refractivity contribution in [2.45, 2.75) is 19.9 Å². The number of aromatic carboxylic acids is 1. The lowest BCUT2D eigenvalue weighted by Gasteiger charge is -2.14.